The summed E-state index contributed by atoms with van der Waals surface area (Å²) in [7, 11) is -4.19. The molecule has 1 N–H and O–H groups in total. The van der Waals surface area contributed by atoms with E-state index in [-0.39, 0.29) is 22.3 Å². The number of rotatable bonds is 7. The highest BCUT2D eigenvalue weighted by Crippen LogP contribution is 2.29. The van der Waals surface area contributed by atoms with E-state index in [9.17, 15) is 18.0 Å². The molecule has 1 aliphatic rings. The third-order valence-corrected chi connectivity index (χ3v) is 7.34. The van der Waals surface area contributed by atoms with Crippen molar-refractivity contribution in [3.63, 3.8) is 0 Å². The van der Waals surface area contributed by atoms with Crippen LogP contribution in [0.5, 0.6) is 5.75 Å². The van der Waals surface area contributed by atoms with Gasteiger partial charge in [-0.05, 0) is 73.6 Å². The molecule has 1 atom stereocenters. The second-order valence-corrected chi connectivity index (χ2v) is 10.1. The zero-order chi connectivity index (χ0) is 25.0. The molecular formula is C27H27NO6S. The van der Waals surface area contributed by atoms with Crippen molar-refractivity contribution in [2.45, 2.75) is 44.0 Å². The van der Waals surface area contributed by atoms with Crippen molar-refractivity contribution >= 4 is 22.0 Å². The lowest BCUT2D eigenvalue weighted by Gasteiger charge is -2.26. The van der Waals surface area contributed by atoms with E-state index in [2.05, 4.69) is 11.4 Å². The highest BCUT2D eigenvalue weighted by Gasteiger charge is 2.25. The van der Waals surface area contributed by atoms with Crippen molar-refractivity contribution in [2.24, 2.45) is 0 Å². The maximum absolute atomic E-state index is 12.9. The molecule has 0 heterocycles. The van der Waals surface area contributed by atoms with Gasteiger partial charge in [0.15, 0.2) is 12.4 Å². The molecule has 0 saturated carbocycles. The molecule has 7 nitrogen and oxygen atoms in total. The monoisotopic (exact) mass is 493 g/mol. The number of fused-ring (bicyclic) bond motifs is 1. The molecule has 0 spiro atoms. The lowest BCUT2D eigenvalue weighted by molar-refractivity contribution is -0.125. The van der Waals surface area contributed by atoms with Crippen LogP contribution < -0.4 is 9.50 Å². The number of aryl methyl sites for hydroxylation is 3. The number of para-hydroxylation sites is 1. The summed E-state index contributed by atoms with van der Waals surface area (Å²) in [6.07, 6.45) is 2.74. The van der Waals surface area contributed by atoms with E-state index in [1.807, 2.05) is 18.2 Å². The fourth-order valence-electron chi connectivity index (χ4n) is 4.20. The summed E-state index contributed by atoms with van der Waals surface area (Å²) < 4.78 is 36.3. The van der Waals surface area contributed by atoms with Crippen LogP contribution >= 0.6 is 0 Å². The first-order valence-electron chi connectivity index (χ1n) is 11.4. The van der Waals surface area contributed by atoms with Gasteiger partial charge in [-0.15, -0.1) is 0 Å². The topological polar surface area (TPSA) is 98.8 Å². The summed E-state index contributed by atoms with van der Waals surface area (Å²) >= 11 is 0. The summed E-state index contributed by atoms with van der Waals surface area (Å²) in [5, 5.41) is 2.92. The van der Waals surface area contributed by atoms with Crippen LogP contribution in [0.15, 0.2) is 71.6 Å². The minimum absolute atomic E-state index is 0.0211. The number of hydrogen-bond donors (Lipinski definition) is 1. The molecule has 0 aromatic heterocycles. The van der Waals surface area contributed by atoms with Crippen molar-refractivity contribution in [3.8, 4) is 5.75 Å². The van der Waals surface area contributed by atoms with Gasteiger partial charge in [0.1, 0.15) is 10.5 Å². The van der Waals surface area contributed by atoms with Crippen LogP contribution in [0.2, 0.25) is 0 Å². The van der Waals surface area contributed by atoms with Gasteiger partial charge in [0.05, 0.1) is 6.04 Å². The Labute approximate surface area is 205 Å². The van der Waals surface area contributed by atoms with Crippen molar-refractivity contribution in [1.29, 1.82) is 0 Å². The normalized spacial score (nSPS) is 15.1. The van der Waals surface area contributed by atoms with Crippen molar-refractivity contribution in [3.05, 3.63) is 94.5 Å². The minimum Gasteiger partial charge on any atom is -0.452 e. The maximum Gasteiger partial charge on any atom is 0.342 e. The van der Waals surface area contributed by atoms with E-state index in [0.29, 0.717) is 5.56 Å². The van der Waals surface area contributed by atoms with E-state index < -0.39 is 28.6 Å². The molecule has 8 heteroatoms. The number of esters is 1. The van der Waals surface area contributed by atoms with Crippen LogP contribution in [0.4, 0.5) is 0 Å². The number of amides is 1. The third kappa shape index (κ3) is 5.71. The molecule has 0 aliphatic heterocycles. The molecule has 0 bridgehead atoms. The molecule has 0 radical (unpaired) electrons. The smallest absolute Gasteiger partial charge is 0.342 e. The van der Waals surface area contributed by atoms with Gasteiger partial charge in [-0.25, -0.2) is 4.79 Å². The fraction of sp³-hybridized carbons (Fsp3) is 0.259. The number of carbonyl (C=O) groups excluding carboxylic acids is 2. The van der Waals surface area contributed by atoms with Crippen molar-refractivity contribution in [2.75, 3.05) is 6.61 Å². The van der Waals surface area contributed by atoms with E-state index >= 15 is 0 Å². The summed E-state index contributed by atoms with van der Waals surface area (Å²) in [4.78, 5) is 25.3. The quantitative estimate of drug-likeness (QED) is 0.386. The van der Waals surface area contributed by atoms with E-state index in [1.54, 1.807) is 38.1 Å². The molecule has 4 rings (SSSR count). The van der Waals surface area contributed by atoms with Crippen molar-refractivity contribution in [1.82, 2.24) is 5.32 Å². The Morgan fingerprint density at radius 2 is 1.74 bits per heavy atom. The van der Waals surface area contributed by atoms with E-state index in [1.165, 1.54) is 23.8 Å². The lowest BCUT2D eigenvalue weighted by atomic mass is 9.88. The Kier molecular flexibility index (Phi) is 7.21. The van der Waals surface area contributed by atoms with Gasteiger partial charge in [-0.2, -0.15) is 8.42 Å². The zero-order valence-electron chi connectivity index (χ0n) is 19.6. The average molecular weight is 494 g/mol. The highest BCUT2D eigenvalue weighted by atomic mass is 32.2. The number of ether oxygens (including phenoxy) is 1. The third-order valence-electron chi connectivity index (χ3n) is 5.96. The molecule has 1 aliphatic carbocycles. The largest absolute Gasteiger partial charge is 0.452 e. The number of carbonyl (C=O) groups is 2. The predicted molar refractivity (Wildman–Crippen MR) is 131 cm³/mol. The number of benzene rings is 3. The predicted octanol–water partition coefficient (Wildman–Crippen LogP) is 4.42. The van der Waals surface area contributed by atoms with Gasteiger partial charge in [-0.3, -0.25) is 4.79 Å². The number of nitrogens with one attached hydrogen (secondary N) is 1. The molecule has 3 aromatic carbocycles. The summed E-state index contributed by atoms with van der Waals surface area (Å²) in [6.45, 7) is 2.95. The molecule has 1 unspecified atom stereocenters. The molecular weight excluding hydrogens is 466 g/mol. The van der Waals surface area contributed by atoms with Crippen LogP contribution in [0, 0.1) is 13.8 Å². The van der Waals surface area contributed by atoms with Gasteiger partial charge in [0.25, 0.3) is 5.91 Å². The lowest BCUT2D eigenvalue weighted by Crippen LogP contribution is -2.34. The van der Waals surface area contributed by atoms with Crippen LogP contribution in [0.25, 0.3) is 0 Å². The molecule has 182 valence electrons. The average Bonchev–Trinajstić information content (AvgIpc) is 2.84. The Morgan fingerprint density at radius 1 is 1.00 bits per heavy atom. The Hall–Kier alpha value is -3.65. The Balaban J connectivity index is 1.43. The fourth-order valence-corrected chi connectivity index (χ4v) is 5.46. The highest BCUT2D eigenvalue weighted by molar-refractivity contribution is 7.87. The first-order valence-corrected chi connectivity index (χ1v) is 12.8. The summed E-state index contributed by atoms with van der Waals surface area (Å²) in [6, 6.07) is 18.7. The van der Waals surface area contributed by atoms with Crippen LogP contribution in [-0.4, -0.2) is 26.9 Å². The first-order chi connectivity index (χ1) is 16.7. The van der Waals surface area contributed by atoms with Gasteiger partial charge in [0, 0.05) is 0 Å². The second kappa shape index (κ2) is 10.3. The van der Waals surface area contributed by atoms with Gasteiger partial charge >= 0.3 is 16.1 Å². The van der Waals surface area contributed by atoms with Crippen LogP contribution in [0.1, 0.15) is 51.5 Å². The van der Waals surface area contributed by atoms with Crippen molar-refractivity contribution < 1.29 is 26.9 Å². The van der Waals surface area contributed by atoms with Gasteiger partial charge < -0.3 is 14.2 Å². The van der Waals surface area contributed by atoms with Gasteiger partial charge in [-0.1, -0.05) is 48.5 Å². The molecule has 1 amide bonds. The molecule has 3 aromatic rings. The van der Waals surface area contributed by atoms with E-state index in [0.717, 1.165) is 30.4 Å². The second-order valence-electron chi connectivity index (χ2n) is 8.59. The SMILES string of the molecule is Cc1ccc(C)c(S(=O)(=O)Oc2ccccc2C(=O)OCC(=O)NC2CCCc3ccccc32)c1. The summed E-state index contributed by atoms with van der Waals surface area (Å²) in [5.41, 5.74) is 3.48. The minimum atomic E-state index is -4.19. The summed E-state index contributed by atoms with van der Waals surface area (Å²) in [5.74, 6) is -1.45. The van der Waals surface area contributed by atoms with Crippen LogP contribution in [0.3, 0.4) is 0 Å². The van der Waals surface area contributed by atoms with E-state index in [4.69, 9.17) is 8.92 Å². The number of hydrogen-bond acceptors (Lipinski definition) is 6. The first kappa shape index (κ1) is 24.5. The Morgan fingerprint density at radius 3 is 2.57 bits per heavy atom. The Bertz CT molecular complexity index is 1370. The molecule has 0 fully saturated rings. The zero-order valence-corrected chi connectivity index (χ0v) is 20.4. The maximum atomic E-state index is 12.9. The molecule has 35 heavy (non-hydrogen) atoms. The standard InChI is InChI=1S/C27H27NO6S/c1-18-14-15-19(2)25(16-18)35(31,32)34-24-13-6-5-11-22(24)27(30)33-17-26(29)28-23-12-7-9-20-8-3-4-10-21(20)23/h3-6,8,10-11,13-16,23H,7,9,12,17H2,1-2H3,(H,28,29). The van der Waals surface area contributed by atoms with Gasteiger partial charge in [0.2, 0.25) is 0 Å². The molecule has 0 saturated heterocycles. The van der Waals surface area contributed by atoms with Crippen LogP contribution in [-0.2, 0) is 26.1 Å².